The number of hydrogen-bond acceptors (Lipinski definition) is 4. The van der Waals surface area contributed by atoms with Crippen molar-refractivity contribution in [1.82, 2.24) is 15.2 Å². The van der Waals surface area contributed by atoms with Gasteiger partial charge in [-0.3, -0.25) is 19.5 Å². The largest absolute Gasteiger partial charge is 0.353 e. The fraction of sp³-hybridized carbons (Fsp3) is 0.409. The van der Waals surface area contributed by atoms with Gasteiger partial charge in [0.1, 0.15) is 11.8 Å². The Hall–Kier alpha value is -2.44. The first-order valence-electron chi connectivity index (χ1n) is 9.99. The molecule has 4 rings (SSSR count). The lowest BCUT2D eigenvalue weighted by Gasteiger charge is -2.41. The van der Waals surface area contributed by atoms with Crippen molar-refractivity contribution in [3.05, 3.63) is 64.9 Å². The zero-order valence-electron chi connectivity index (χ0n) is 16.1. The second-order valence-electron chi connectivity index (χ2n) is 7.59. The van der Waals surface area contributed by atoms with Crippen LogP contribution in [0.4, 0.5) is 0 Å². The molecular formula is C22H24ClN3O3. The van der Waals surface area contributed by atoms with Crippen LogP contribution in [0.3, 0.4) is 0 Å². The molecule has 6 nitrogen and oxygen atoms in total. The SMILES string of the molecule is O=C(NCc1cccnc1)C1COC2(CCCCC2)N1C(=O)c1ccc(Cl)cc1. The summed E-state index contributed by atoms with van der Waals surface area (Å²) >= 11 is 5.98. The number of rotatable bonds is 4. The summed E-state index contributed by atoms with van der Waals surface area (Å²) in [5.41, 5.74) is 0.711. The average molecular weight is 414 g/mol. The van der Waals surface area contributed by atoms with E-state index in [4.69, 9.17) is 16.3 Å². The number of nitrogens with one attached hydrogen (secondary N) is 1. The third-order valence-electron chi connectivity index (χ3n) is 5.70. The molecule has 1 aliphatic carbocycles. The summed E-state index contributed by atoms with van der Waals surface area (Å²) in [5.74, 6) is -0.402. The zero-order chi connectivity index (χ0) is 20.3. The average Bonchev–Trinajstić information content (AvgIpc) is 3.11. The summed E-state index contributed by atoms with van der Waals surface area (Å²) in [6, 6.07) is 9.85. The molecule has 1 atom stereocenters. The Labute approximate surface area is 175 Å². The van der Waals surface area contributed by atoms with Crippen LogP contribution in [-0.2, 0) is 16.1 Å². The number of benzene rings is 1. The van der Waals surface area contributed by atoms with E-state index >= 15 is 0 Å². The molecule has 2 fully saturated rings. The van der Waals surface area contributed by atoms with E-state index < -0.39 is 11.8 Å². The summed E-state index contributed by atoms with van der Waals surface area (Å²) in [7, 11) is 0. The second-order valence-corrected chi connectivity index (χ2v) is 8.03. The second kappa shape index (κ2) is 8.51. The molecule has 7 heteroatoms. The number of carbonyl (C=O) groups is 2. The van der Waals surface area contributed by atoms with Gasteiger partial charge in [-0.1, -0.05) is 24.1 Å². The lowest BCUT2D eigenvalue weighted by Crippen LogP contribution is -2.56. The summed E-state index contributed by atoms with van der Waals surface area (Å²) in [6.07, 6.45) is 7.98. The van der Waals surface area contributed by atoms with Gasteiger partial charge in [0, 0.05) is 29.5 Å². The first-order valence-corrected chi connectivity index (χ1v) is 10.4. The molecule has 1 saturated heterocycles. The molecule has 0 bridgehead atoms. The van der Waals surface area contributed by atoms with Gasteiger partial charge in [0.15, 0.2) is 0 Å². The van der Waals surface area contributed by atoms with E-state index in [1.807, 2.05) is 12.1 Å². The normalized spacial score (nSPS) is 20.6. The van der Waals surface area contributed by atoms with E-state index in [-0.39, 0.29) is 18.4 Å². The van der Waals surface area contributed by atoms with Gasteiger partial charge in [0.25, 0.3) is 5.91 Å². The standard InChI is InChI=1S/C22H24ClN3O3/c23-18-8-6-17(7-9-18)21(28)26-19(15-29-22(26)10-2-1-3-11-22)20(27)25-14-16-5-4-12-24-13-16/h4-9,12-13,19H,1-3,10-11,14-15H2,(H,25,27). The first-order chi connectivity index (χ1) is 14.1. The minimum absolute atomic E-state index is 0.192. The van der Waals surface area contributed by atoms with E-state index in [0.29, 0.717) is 17.1 Å². The zero-order valence-corrected chi connectivity index (χ0v) is 16.9. The molecular weight excluding hydrogens is 390 g/mol. The van der Waals surface area contributed by atoms with Crippen LogP contribution in [0.15, 0.2) is 48.8 Å². The maximum atomic E-state index is 13.4. The van der Waals surface area contributed by atoms with Crippen LogP contribution < -0.4 is 5.32 Å². The number of aromatic nitrogens is 1. The lowest BCUT2D eigenvalue weighted by atomic mass is 9.89. The fourth-order valence-corrected chi connectivity index (χ4v) is 4.34. The Balaban J connectivity index is 1.57. The number of pyridine rings is 1. The number of ether oxygens (including phenoxy) is 1. The van der Waals surface area contributed by atoms with Crippen molar-refractivity contribution in [3.8, 4) is 0 Å². The van der Waals surface area contributed by atoms with Gasteiger partial charge >= 0.3 is 0 Å². The fourth-order valence-electron chi connectivity index (χ4n) is 4.21. The molecule has 1 aromatic carbocycles. The van der Waals surface area contributed by atoms with E-state index in [1.54, 1.807) is 41.6 Å². The lowest BCUT2D eigenvalue weighted by molar-refractivity contribution is -0.127. The molecule has 1 saturated carbocycles. The minimum atomic E-state index is -0.703. The van der Waals surface area contributed by atoms with Crippen LogP contribution in [-0.4, -0.2) is 40.1 Å². The van der Waals surface area contributed by atoms with Crippen LogP contribution in [0, 0.1) is 0 Å². The van der Waals surface area contributed by atoms with E-state index in [1.165, 1.54) is 0 Å². The van der Waals surface area contributed by atoms with Crippen molar-refractivity contribution in [2.24, 2.45) is 0 Å². The number of carbonyl (C=O) groups excluding carboxylic acids is 2. The van der Waals surface area contributed by atoms with Gasteiger partial charge in [-0.2, -0.15) is 0 Å². The van der Waals surface area contributed by atoms with Crippen LogP contribution in [0.25, 0.3) is 0 Å². The van der Waals surface area contributed by atoms with Crippen molar-refractivity contribution in [2.45, 2.75) is 50.4 Å². The number of halogens is 1. The molecule has 1 aliphatic heterocycles. The smallest absolute Gasteiger partial charge is 0.256 e. The maximum absolute atomic E-state index is 13.4. The molecule has 1 unspecified atom stereocenters. The van der Waals surface area contributed by atoms with E-state index in [2.05, 4.69) is 10.3 Å². The quantitative estimate of drug-likeness (QED) is 0.832. The van der Waals surface area contributed by atoms with Gasteiger partial charge in [0.05, 0.1) is 6.61 Å². The maximum Gasteiger partial charge on any atom is 0.256 e. The Kier molecular flexibility index (Phi) is 5.83. The third-order valence-corrected chi connectivity index (χ3v) is 5.95. The van der Waals surface area contributed by atoms with Crippen LogP contribution >= 0.6 is 11.6 Å². The highest BCUT2D eigenvalue weighted by atomic mass is 35.5. The first kappa shape index (κ1) is 19.9. The van der Waals surface area contributed by atoms with Crippen molar-refractivity contribution < 1.29 is 14.3 Å². The Morgan fingerprint density at radius 1 is 1.17 bits per heavy atom. The third kappa shape index (κ3) is 4.14. The molecule has 1 aromatic heterocycles. The molecule has 29 heavy (non-hydrogen) atoms. The Morgan fingerprint density at radius 2 is 1.93 bits per heavy atom. The Bertz CT molecular complexity index is 867. The van der Waals surface area contributed by atoms with E-state index in [0.717, 1.165) is 37.7 Å². The van der Waals surface area contributed by atoms with Gasteiger partial charge in [0.2, 0.25) is 5.91 Å². The topological polar surface area (TPSA) is 71.5 Å². The van der Waals surface area contributed by atoms with Crippen molar-refractivity contribution in [2.75, 3.05) is 6.61 Å². The van der Waals surface area contributed by atoms with Crippen molar-refractivity contribution in [3.63, 3.8) is 0 Å². The molecule has 152 valence electrons. The highest BCUT2D eigenvalue weighted by Crippen LogP contribution is 2.41. The summed E-state index contributed by atoms with van der Waals surface area (Å²) in [5, 5.41) is 3.50. The number of nitrogens with zero attached hydrogens (tertiary/aromatic N) is 2. The molecule has 2 heterocycles. The van der Waals surface area contributed by atoms with Crippen LogP contribution in [0.1, 0.15) is 48.0 Å². The molecule has 2 amide bonds. The van der Waals surface area contributed by atoms with Gasteiger partial charge in [-0.15, -0.1) is 0 Å². The van der Waals surface area contributed by atoms with Gasteiger partial charge in [-0.25, -0.2) is 0 Å². The van der Waals surface area contributed by atoms with E-state index in [9.17, 15) is 9.59 Å². The molecule has 0 radical (unpaired) electrons. The molecule has 2 aliphatic rings. The molecule has 2 aromatic rings. The predicted octanol–water partition coefficient (Wildman–Crippen LogP) is 3.55. The number of hydrogen-bond donors (Lipinski definition) is 1. The minimum Gasteiger partial charge on any atom is -0.353 e. The summed E-state index contributed by atoms with van der Waals surface area (Å²) in [4.78, 5) is 32.2. The Morgan fingerprint density at radius 3 is 2.62 bits per heavy atom. The highest BCUT2D eigenvalue weighted by molar-refractivity contribution is 6.30. The summed E-state index contributed by atoms with van der Waals surface area (Å²) < 4.78 is 6.15. The molecule has 1 N–H and O–H groups in total. The molecule has 1 spiro atoms. The van der Waals surface area contributed by atoms with Crippen molar-refractivity contribution >= 4 is 23.4 Å². The summed E-state index contributed by atoms with van der Waals surface area (Å²) in [6.45, 7) is 0.567. The number of amides is 2. The predicted molar refractivity (Wildman–Crippen MR) is 109 cm³/mol. The van der Waals surface area contributed by atoms with Gasteiger partial charge < -0.3 is 10.1 Å². The monoisotopic (exact) mass is 413 g/mol. The highest BCUT2D eigenvalue weighted by Gasteiger charge is 2.52. The van der Waals surface area contributed by atoms with Crippen LogP contribution in [0.2, 0.25) is 5.02 Å². The van der Waals surface area contributed by atoms with Crippen LogP contribution in [0.5, 0.6) is 0 Å². The van der Waals surface area contributed by atoms with Crippen molar-refractivity contribution in [1.29, 1.82) is 0 Å². The van der Waals surface area contributed by atoms with Gasteiger partial charge in [-0.05, 0) is 61.6 Å².